The predicted octanol–water partition coefficient (Wildman–Crippen LogP) is 4.26. The first-order chi connectivity index (χ1) is 14.4. The molecule has 0 unspecified atom stereocenters. The summed E-state index contributed by atoms with van der Waals surface area (Å²) in [4.78, 5) is 26.4. The molecule has 0 radical (unpaired) electrons. The first-order valence-electron chi connectivity index (χ1n) is 9.89. The van der Waals surface area contributed by atoms with E-state index >= 15 is 0 Å². The van der Waals surface area contributed by atoms with Gasteiger partial charge in [0.25, 0.3) is 0 Å². The average Bonchev–Trinajstić information content (AvgIpc) is 3.16. The van der Waals surface area contributed by atoms with Crippen molar-refractivity contribution >= 4 is 17.6 Å². The van der Waals surface area contributed by atoms with Crippen LogP contribution in [-0.2, 0) is 9.59 Å². The summed E-state index contributed by atoms with van der Waals surface area (Å²) in [6.45, 7) is 5.46. The first-order valence-corrected chi connectivity index (χ1v) is 9.89. The molecule has 7 heteroatoms. The molecule has 1 N–H and O–H groups in total. The molecule has 6 nitrogen and oxygen atoms in total. The second kappa shape index (κ2) is 9.35. The Bertz CT molecular complexity index is 1010. The normalized spacial score (nSPS) is 10.8. The molecule has 0 atom stereocenters. The molecule has 1 aromatic heterocycles. The second-order valence-corrected chi connectivity index (χ2v) is 7.19. The lowest BCUT2D eigenvalue weighted by Crippen LogP contribution is -2.42. The molecule has 0 aliphatic rings. The third-order valence-electron chi connectivity index (χ3n) is 4.68. The van der Waals surface area contributed by atoms with Crippen LogP contribution in [0.4, 0.5) is 10.2 Å². The molecule has 0 spiro atoms. The highest BCUT2D eigenvalue weighted by atomic mass is 19.1. The molecule has 30 heavy (non-hydrogen) atoms. The van der Waals surface area contributed by atoms with E-state index in [-0.39, 0.29) is 30.2 Å². The van der Waals surface area contributed by atoms with E-state index in [9.17, 15) is 14.0 Å². The molecule has 3 aromatic rings. The van der Waals surface area contributed by atoms with Gasteiger partial charge in [-0.15, -0.1) is 0 Å². The van der Waals surface area contributed by atoms with Crippen LogP contribution in [0.3, 0.4) is 0 Å². The summed E-state index contributed by atoms with van der Waals surface area (Å²) < 4.78 is 14.9. The number of carbonyl (C=O) groups excluding carboxylic acids is 2. The van der Waals surface area contributed by atoms with E-state index in [2.05, 4.69) is 10.4 Å². The summed E-state index contributed by atoms with van der Waals surface area (Å²) in [5, 5.41) is 7.45. The third kappa shape index (κ3) is 4.92. The van der Waals surface area contributed by atoms with Crippen molar-refractivity contribution in [2.75, 3.05) is 11.9 Å². The van der Waals surface area contributed by atoms with Gasteiger partial charge in [0.15, 0.2) is 0 Å². The van der Waals surface area contributed by atoms with Gasteiger partial charge in [-0.25, -0.2) is 9.07 Å². The van der Waals surface area contributed by atoms with Gasteiger partial charge in [0.05, 0.1) is 11.4 Å². The number of rotatable bonds is 7. The fraction of sp³-hybridized carbons (Fsp3) is 0.261. The largest absolute Gasteiger partial charge is 0.331 e. The van der Waals surface area contributed by atoms with Crippen molar-refractivity contribution < 1.29 is 14.0 Å². The van der Waals surface area contributed by atoms with Crippen LogP contribution in [0.1, 0.15) is 27.2 Å². The fourth-order valence-corrected chi connectivity index (χ4v) is 3.10. The minimum atomic E-state index is -0.356. The van der Waals surface area contributed by atoms with E-state index in [1.54, 1.807) is 29.8 Å². The van der Waals surface area contributed by atoms with Crippen LogP contribution in [0.25, 0.3) is 16.9 Å². The SMILES string of the molecule is CCC(=O)N(CC(=O)Nc1cc(-c2ccccc2)nn1-c1ccc(F)cc1)C(C)C. The number of benzene rings is 2. The minimum absolute atomic E-state index is 0.0559. The number of amides is 2. The van der Waals surface area contributed by atoms with Crippen molar-refractivity contribution in [2.24, 2.45) is 0 Å². The topological polar surface area (TPSA) is 67.2 Å². The number of nitrogens with one attached hydrogen (secondary N) is 1. The zero-order valence-electron chi connectivity index (χ0n) is 17.3. The van der Waals surface area contributed by atoms with Crippen LogP contribution < -0.4 is 5.32 Å². The highest BCUT2D eigenvalue weighted by molar-refractivity contribution is 5.94. The van der Waals surface area contributed by atoms with Crippen molar-refractivity contribution in [2.45, 2.75) is 33.2 Å². The minimum Gasteiger partial charge on any atom is -0.331 e. The van der Waals surface area contributed by atoms with Crippen molar-refractivity contribution in [3.8, 4) is 16.9 Å². The van der Waals surface area contributed by atoms with E-state index in [4.69, 9.17) is 0 Å². The molecule has 0 bridgehead atoms. The second-order valence-electron chi connectivity index (χ2n) is 7.19. The number of halogens is 1. The van der Waals surface area contributed by atoms with Crippen LogP contribution >= 0.6 is 0 Å². The monoisotopic (exact) mass is 408 g/mol. The Labute approximate surface area is 175 Å². The summed E-state index contributed by atoms with van der Waals surface area (Å²) in [6, 6.07) is 17.1. The lowest BCUT2D eigenvalue weighted by Gasteiger charge is -2.25. The van der Waals surface area contributed by atoms with Crippen molar-refractivity contribution in [1.29, 1.82) is 0 Å². The number of nitrogens with zero attached hydrogens (tertiary/aromatic N) is 3. The Morgan fingerprint density at radius 1 is 1.10 bits per heavy atom. The van der Waals surface area contributed by atoms with Crippen molar-refractivity contribution in [3.05, 3.63) is 66.5 Å². The number of carbonyl (C=O) groups is 2. The standard InChI is InChI=1S/C23H25FN4O2/c1-4-23(30)27(16(2)3)15-22(29)25-21-14-20(17-8-6-5-7-9-17)26-28(21)19-12-10-18(24)11-13-19/h5-14,16H,4,15H2,1-3H3,(H,25,29). The summed E-state index contributed by atoms with van der Waals surface area (Å²) in [5.74, 6) is -0.325. The summed E-state index contributed by atoms with van der Waals surface area (Å²) >= 11 is 0. The van der Waals surface area contributed by atoms with Crippen LogP contribution in [0.15, 0.2) is 60.7 Å². The van der Waals surface area contributed by atoms with E-state index in [1.165, 1.54) is 17.0 Å². The molecule has 2 aromatic carbocycles. The molecule has 156 valence electrons. The molecule has 1 heterocycles. The van der Waals surface area contributed by atoms with Gasteiger partial charge < -0.3 is 10.2 Å². The summed E-state index contributed by atoms with van der Waals surface area (Å²) in [7, 11) is 0. The van der Waals surface area contributed by atoms with Gasteiger partial charge in [0.2, 0.25) is 11.8 Å². The van der Waals surface area contributed by atoms with E-state index in [0.29, 0.717) is 23.6 Å². The Kier molecular flexibility index (Phi) is 6.61. The Hall–Kier alpha value is -3.48. The van der Waals surface area contributed by atoms with E-state index in [0.717, 1.165) is 5.56 Å². The highest BCUT2D eigenvalue weighted by Gasteiger charge is 2.20. The molecule has 0 saturated carbocycles. The lowest BCUT2D eigenvalue weighted by molar-refractivity contribution is -0.136. The first kappa shape index (κ1) is 21.2. The zero-order valence-corrected chi connectivity index (χ0v) is 17.3. The van der Waals surface area contributed by atoms with Crippen LogP contribution in [0.2, 0.25) is 0 Å². The van der Waals surface area contributed by atoms with E-state index in [1.807, 2.05) is 44.2 Å². The molecule has 0 saturated heterocycles. The summed E-state index contributed by atoms with van der Waals surface area (Å²) in [5.41, 5.74) is 2.17. The molecule has 0 aliphatic heterocycles. The highest BCUT2D eigenvalue weighted by Crippen LogP contribution is 2.25. The Balaban J connectivity index is 1.92. The molecule has 0 aliphatic carbocycles. The quantitative estimate of drug-likeness (QED) is 0.635. The van der Waals surface area contributed by atoms with Gasteiger partial charge in [-0.1, -0.05) is 37.3 Å². The number of aromatic nitrogens is 2. The number of hydrogen-bond donors (Lipinski definition) is 1. The van der Waals surface area contributed by atoms with Gasteiger partial charge in [0, 0.05) is 24.1 Å². The summed E-state index contributed by atoms with van der Waals surface area (Å²) in [6.07, 6.45) is 0.330. The predicted molar refractivity (Wildman–Crippen MR) is 115 cm³/mol. The van der Waals surface area contributed by atoms with E-state index < -0.39 is 0 Å². The average molecular weight is 408 g/mol. The van der Waals surface area contributed by atoms with Gasteiger partial charge in [-0.2, -0.15) is 5.10 Å². The molecular formula is C23H25FN4O2. The smallest absolute Gasteiger partial charge is 0.245 e. The maximum atomic E-state index is 13.4. The van der Waals surface area contributed by atoms with Crippen LogP contribution in [0.5, 0.6) is 0 Å². The van der Waals surface area contributed by atoms with Gasteiger partial charge in [-0.3, -0.25) is 9.59 Å². The number of anilines is 1. The Morgan fingerprint density at radius 3 is 2.37 bits per heavy atom. The van der Waals surface area contributed by atoms with Gasteiger partial charge >= 0.3 is 0 Å². The van der Waals surface area contributed by atoms with Gasteiger partial charge in [-0.05, 0) is 38.1 Å². The number of hydrogen-bond acceptors (Lipinski definition) is 3. The maximum absolute atomic E-state index is 13.4. The Morgan fingerprint density at radius 2 is 1.77 bits per heavy atom. The lowest BCUT2D eigenvalue weighted by atomic mass is 10.1. The van der Waals surface area contributed by atoms with Crippen LogP contribution in [-0.4, -0.2) is 39.1 Å². The van der Waals surface area contributed by atoms with Gasteiger partial charge in [0.1, 0.15) is 18.2 Å². The fourth-order valence-electron chi connectivity index (χ4n) is 3.10. The van der Waals surface area contributed by atoms with Crippen LogP contribution in [0, 0.1) is 5.82 Å². The van der Waals surface area contributed by atoms with Crippen molar-refractivity contribution in [1.82, 2.24) is 14.7 Å². The molecule has 3 rings (SSSR count). The maximum Gasteiger partial charge on any atom is 0.245 e. The van der Waals surface area contributed by atoms with Crippen molar-refractivity contribution in [3.63, 3.8) is 0 Å². The third-order valence-corrected chi connectivity index (χ3v) is 4.68. The zero-order chi connectivity index (χ0) is 21.7. The molecular weight excluding hydrogens is 383 g/mol. The molecule has 2 amide bonds. The molecule has 0 fully saturated rings.